The van der Waals surface area contributed by atoms with Crippen molar-refractivity contribution in [3.63, 3.8) is 0 Å². The Bertz CT molecular complexity index is 609. The lowest BCUT2D eigenvalue weighted by atomic mass is 10.00. The fourth-order valence-electron chi connectivity index (χ4n) is 2.89. The molecule has 3 rings (SSSR count). The van der Waals surface area contributed by atoms with E-state index >= 15 is 0 Å². The molecule has 0 radical (unpaired) electrons. The maximum absolute atomic E-state index is 10.2. The summed E-state index contributed by atoms with van der Waals surface area (Å²) in [6.07, 6.45) is 0.591. The lowest BCUT2D eigenvalue weighted by molar-refractivity contribution is 0.0638. The average Bonchev–Trinajstić information content (AvgIpc) is 2.54. The third kappa shape index (κ3) is 3.87. The Morgan fingerprint density at radius 1 is 1.09 bits per heavy atom. The van der Waals surface area contributed by atoms with Gasteiger partial charge in [0.25, 0.3) is 0 Å². The van der Waals surface area contributed by atoms with Crippen LogP contribution >= 0.6 is 0 Å². The SMILES string of the molecule is Cc1ccc(OC[C@H](O)CN2CCc3ccccc3C2)cc1. The molecule has 1 aliphatic rings. The normalized spacial score (nSPS) is 16.1. The van der Waals surface area contributed by atoms with E-state index in [9.17, 15) is 5.11 Å². The molecule has 3 nitrogen and oxygen atoms in total. The zero-order chi connectivity index (χ0) is 15.4. The number of β-amino-alcohol motifs (C(OH)–C–C–N with tert-alkyl or cyclic N) is 1. The molecule has 0 fully saturated rings. The second-order valence-corrected chi connectivity index (χ2v) is 6.03. The van der Waals surface area contributed by atoms with Crippen LogP contribution in [0.4, 0.5) is 0 Å². The largest absolute Gasteiger partial charge is 0.491 e. The highest BCUT2D eigenvalue weighted by Crippen LogP contribution is 2.18. The number of benzene rings is 2. The van der Waals surface area contributed by atoms with E-state index in [0.717, 1.165) is 25.3 Å². The van der Waals surface area contributed by atoms with Gasteiger partial charge in [-0.15, -0.1) is 0 Å². The molecule has 2 aromatic carbocycles. The van der Waals surface area contributed by atoms with Crippen molar-refractivity contribution in [2.75, 3.05) is 19.7 Å². The Labute approximate surface area is 132 Å². The third-order valence-corrected chi connectivity index (χ3v) is 4.14. The smallest absolute Gasteiger partial charge is 0.119 e. The van der Waals surface area contributed by atoms with Crippen molar-refractivity contribution in [1.29, 1.82) is 0 Å². The van der Waals surface area contributed by atoms with Gasteiger partial charge < -0.3 is 9.84 Å². The summed E-state index contributed by atoms with van der Waals surface area (Å²) in [5, 5.41) is 10.2. The number of hydrogen-bond acceptors (Lipinski definition) is 3. The summed E-state index contributed by atoms with van der Waals surface area (Å²) in [6, 6.07) is 16.5. The van der Waals surface area contributed by atoms with Gasteiger partial charge in [0.15, 0.2) is 0 Å². The first-order valence-corrected chi connectivity index (χ1v) is 7.87. The summed E-state index contributed by atoms with van der Waals surface area (Å²) >= 11 is 0. The van der Waals surface area contributed by atoms with Crippen molar-refractivity contribution < 1.29 is 9.84 Å². The molecule has 0 amide bonds. The summed E-state index contributed by atoms with van der Waals surface area (Å²) in [4.78, 5) is 2.30. The molecular formula is C19H23NO2. The molecule has 0 spiro atoms. The maximum atomic E-state index is 10.2. The molecule has 0 aliphatic carbocycles. The number of aryl methyl sites for hydroxylation is 1. The van der Waals surface area contributed by atoms with Crippen molar-refractivity contribution in [2.24, 2.45) is 0 Å². The minimum Gasteiger partial charge on any atom is -0.491 e. The standard InChI is InChI=1S/C19H23NO2/c1-15-6-8-19(9-7-15)22-14-18(21)13-20-11-10-16-4-2-3-5-17(16)12-20/h2-9,18,21H,10-14H2,1H3/t18-/m1/s1. The highest BCUT2D eigenvalue weighted by Gasteiger charge is 2.18. The topological polar surface area (TPSA) is 32.7 Å². The van der Waals surface area contributed by atoms with Crippen LogP contribution in [-0.4, -0.2) is 35.8 Å². The van der Waals surface area contributed by atoms with Gasteiger partial charge in [-0.25, -0.2) is 0 Å². The van der Waals surface area contributed by atoms with Crippen LogP contribution in [0.2, 0.25) is 0 Å². The number of hydrogen-bond donors (Lipinski definition) is 1. The molecule has 1 heterocycles. The van der Waals surface area contributed by atoms with E-state index in [0.29, 0.717) is 13.2 Å². The van der Waals surface area contributed by atoms with Crippen LogP contribution in [0.3, 0.4) is 0 Å². The van der Waals surface area contributed by atoms with Gasteiger partial charge in [-0.1, -0.05) is 42.0 Å². The van der Waals surface area contributed by atoms with E-state index in [2.05, 4.69) is 29.2 Å². The molecule has 0 saturated carbocycles. The molecule has 1 N–H and O–H groups in total. The lowest BCUT2D eigenvalue weighted by Gasteiger charge is -2.30. The highest BCUT2D eigenvalue weighted by atomic mass is 16.5. The Morgan fingerprint density at radius 2 is 1.82 bits per heavy atom. The Hall–Kier alpha value is -1.84. The zero-order valence-electron chi connectivity index (χ0n) is 13.0. The first-order valence-electron chi connectivity index (χ1n) is 7.87. The first kappa shape index (κ1) is 15.1. The van der Waals surface area contributed by atoms with Crippen LogP contribution in [0.1, 0.15) is 16.7 Å². The number of aliphatic hydroxyl groups excluding tert-OH is 1. The van der Waals surface area contributed by atoms with Gasteiger partial charge in [-0.2, -0.15) is 0 Å². The monoisotopic (exact) mass is 297 g/mol. The van der Waals surface area contributed by atoms with E-state index in [1.165, 1.54) is 16.7 Å². The molecule has 0 unspecified atom stereocenters. The highest BCUT2D eigenvalue weighted by molar-refractivity contribution is 5.29. The van der Waals surface area contributed by atoms with E-state index in [1.807, 2.05) is 31.2 Å². The minimum atomic E-state index is -0.466. The lowest BCUT2D eigenvalue weighted by Crippen LogP contribution is -2.38. The fourth-order valence-corrected chi connectivity index (χ4v) is 2.89. The Morgan fingerprint density at radius 3 is 2.59 bits per heavy atom. The number of fused-ring (bicyclic) bond motifs is 1. The zero-order valence-corrected chi connectivity index (χ0v) is 13.0. The van der Waals surface area contributed by atoms with Crippen molar-refractivity contribution in [2.45, 2.75) is 26.0 Å². The van der Waals surface area contributed by atoms with Crippen molar-refractivity contribution in [3.8, 4) is 5.75 Å². The molecule has 1 atom stereocenters. The van der Waals surface area contributed by atoms with Crippen molar-refractivity contribution in [1.82, 2.24) is 4.90 Å². The maximum Gasteiger partial charge on any atom is 0.119 e. The molecule has 0 bridgehead atoms. The van der Waals surface area contributed by atoms with Gasteiger partial charge in [0, 0.05) is 19.6 Å². The van der Waals surface area contributed by atoms with Gasteiger partial charge in [-0.05, 0) is 36.6 Å². The van der Waals surface area contributed by atoms with Crippen molar-refractivity contribution in [3.05, 3.63) is 65.2 Å². The molecule has 2 aromatic rings. The van der Waals surface area contributed by atoms with Gasteiger partial charge in [0.1, 0.15) is 18.5 Å². The number of aliphatic hydroxyl groups is 1. The van der Waals surface area contributed by atoms with Crippen LogP contribution in [0, 0.1) is 6.92 Å². The van der Waals surface area contributed by atoms with Crippen LogP contribution in [0.15, 0.2) is 48.5 Å². The molecule has 1 aliphatic heterocycles. The molecule has 3 heteroatoms. The number of nitrogens with zero attached hydrogens (tertiary/aromatic N) is 1. The second-order valence-electron chi connectivity index (χ2n) is 6.03. The van der Waals surface area contributed by atoms with Gasteiger partial charge >= 0.3 is 0 Å². The number of rotatable bonds is 5. The van der Waals surface area contributed by atoms with E-state index < -0.39 is 6.10 Å². The quantitative estimate of drug-likeness (QED) is 0.921. The second kappa shape index (κ2) is 6.95. The Kier molecular flexibility index (Phi) is 4.76. The van der Waals surface area contributed by atoms with E-state index in [1.54, 1.807) is 0 Å². The fraction of sp³-hybridized carbons (Fsp3) is 0.368. The molecular weight excluding hydrogens is 274 g/mol. The summed E-state index contributed by atoms with van der Waals surface area (Å²) in [5.74, 6) is 0.814. The average molecular weight is 297 g/mol. The van der Waals surface area contributed by atoms with Crippen molar-refractivity contribution >= 4 is 0 Å². The summed E-state index contributed by atoms with van der Waals surface area (Å²) in [7, 11) is 0. The summed E-state index contributed by atoms with van der Waals surface area (Å²) in [5.41, 5.74) is 4.02. The molecule has 0 saturated heterocycles. The van der Waals surface area contributed by atoms with Gasteiger partial charge in [-0.3, -0.25) is 4.90 Å². The summed E-state index contributed by atoms with van der Waals surface area (Å²) < 4.78 is 5.66. The summed E-state index contributed by atoms with van der Waals surface area (Å²) in [6.45, 7) is 4.95. The van der Waals surface area contributed by atoms with Crippen LogP contribution in [0.25, 0.3) is 0 Å². The van der Waals surface area contributed by atoms with Crippen LogP contribution in [0.5, 0.6) is 5.75 Å². The predicted octanol–water partition coefficient (Wildman–Crippen LogP) is 2.79. The van der Waals surface area contributed by atoms with Crippen LogP contribution in [-0.2, 0) is 13.0 Å². The molecule has 22 heavy (non-hydrogen) atoms. The predicted molar refractivity (Wildman–Crippen MR) is 88.1 cm³/mol. The Balaban J connectivity index is 1.48. The van der Waals surface area contributed by atoms with Gasteiger partial charge in [0.05, 0.1) is 0 Å². The van der Waals surface area contributed by atoms with Gasteiger partial charge in [0.2, 0.25) is 0 Å². The first-order chi connectivity index (χ1) is 10.7. The third-order valence-electron chi connectivity index (χ3n) is 4.14. The molecule has 116 valence electrons. The molecule has 0 aromatic heterocycles. The number of ether oxygens (including phenoxy) is 1. The van der Waals surface area contributed by atoms with E-state index in [-0.39, 0.29) is 0 Å². The van der Waals surface area contributed by atoms with E-state index in [4.69, 9.17) is 4.74 Å². The van der Waals surface area contributed by atoms with Crippen LogP contribution < -0.4 is 4.74 Å². The minimum absolute atomic E-state index is 0.335.